The second kappa shape index (κ2) is 12.7. The topological polar surface area (TPSA) is 96.7 Å². The summed E-state index contributed by atoms with van der Waals surface area (Å²) >= 11 is 0. The van der Waals surface area contributed by atoms with Gasteiger partial charge in [-0.05, 0) is 30.4 Å². The number of nitrogens with one attached hydrogen (secondary N) is 2. The van der Waals surface area contributed by atoms with Crippen LogP contribution in [0.2, 0.25) is 0 Å². The van der Waals surface area contributed by atoms with Crippen molar-refractivity contribution in [2.24, 2.45) is 17.6 Å². The molecule has 2 rings (SSSR count). The fourth-order valence-electron chi connectivity index (χ4n) is 2.95. The first kappa shape index (κ1) is 26.3. The highest BCUT2D eigenvalue weighted by molar-refractivity contribution is 5.87. The van der Waals surface area contributed by atoms with Gasteiger partial charge in [-0.15, -0.1) is 24.8 Å². The van der Waals surface area contributed by atoms with Crippen LogP contribution in [0.4, 0.5) is 5.69 Å². The van der Waals surface area contributed by atoms with Gasteiger partial charge in [0.25, 0.3) is 0 Å². The molecule has 0 aliphatic carbocycles. The van der Waals surface area contributed by atoms with Gasteiger partial charge in [0, 0.05) is 31.4 Å². The predicted molar refractivity (Wildman–Crippen MR) is 117 cm³/mol. The molecule has 0 saturated carbocycles. The summed E-state index contributed by atoms with van der Waals surface area (Å²) in [5.74, 6) is 0.793. The maximum atomic E-state index is 11.9. The van der Waals surface area contributed by atoms with Crippen LogP contribution in [0.3, 0.4) is 0 Å². The molecule has 1 heterocycles. The van der Waals surface area contributed by atoms with E-state index in [4.69, 9.17) is 10.5 Å². The average Bonchev–Trinajstić information content (AvgIpc) is 3.12. The van der Waals surface area contributed by atoms with Gasteiger partial charge in [-0.3, -0.25) is 9.59 Å². The molecule has 1 saturated heterocycles. The Balaban J connectivity index is 0.00000364. The van der Waals surface area contributed by atoms with Crippen molar-refractivity contribution in [1.82, 2.24) is 10.6 Å². The van der Waals surface area contributed by atoms with Gasteiger partial charge in [0.1, 0.15) is 5.75 Å². The lowest BCUT2D eigenvalue weighted by Gasteiger charge is -2.19. The number of rotatable bonds is 8. The second-order valence-corrected chi connectivity index (χ2v) is 7.09. The van der Waals surface area contributed by atoms with E-state index in [-0.39, 0.29) is 49.1 Å². The minimum atomic E-state index is -0.589. The SMILES string of the molecule is COc1cccc(N2CCC(CNC(=O)CNC(=O)[C@@H](N)C(C)C)C2)c1.Cl.Cl. The third-order valence-corrected chi connectivity index (χ3v) is 4.74. The van der Waals surface area contributed by atoms with Crippen molar-refractivity contribution in [2.45, 2.75) is 26.3 Å². The zero-order valence-corrected chi connectivity index (χ0v) is 18.3. The summed E-state index contributed by atoms with van der Waals surface area (Å²) in [7, 11) is 1.66. The van der Waals surface area contributed by atoms with Crippen LogP contribution in [0.25, 0.3) is 0 Å². The largest absolute Gasteiger partial charge is 0.497 e. The summed E-state index contributed by atoms with van der Waals surface area (Å²) in [6.45, 7) is 6.15. The van der Waals surface area contributed by atoms with Crippen LogP contribution in [-0.2, 0) is 9.59 Å². The van der Waals surface area contributed by atoms with Crippen molar-refractivity contribution in [1.29, 1.82) is 0 Å². The molecular weight excluding hydrogens is 403 g/mol. The van der Waals surface area contributed by atoms with Crippen LogP contribution in [0.5, 0.6) is 5.75 Å². The first-order valence-corrected chi connectivity index (χ1v) is 9.09. The maximum absolute atomic E-state index is 11.9. The van der Waals surface area contributed by atoms with E-state index in [1.54, 1.807) is 7.11 Å². The van der Waals surface area contributed by atoms with Crippen LogP contribution in [-0.4, -0.2) is 51.1 Å². The molecule has 0 aromatic heterocycles. The number of nitrogens with zero attached hydrogens (tertiary/aromatic N) is 1. The number of anilines is 1. The van der Waals surface area contributed by atoms with Crippen molar-refractivity contribution in [3.63, 3.8) is 0 Å². The van der Waals surface area contributed by atoms with Gasteiger partial charge in [-0.1, -0.05) is 19.9 Å². The lowest BCUT2D eigenvalue weighted by Crippen LogP contribution is -2.47. The molecule has 7 nitrogen and oxygen atoms in total. The number of halogens is 2. The van der Waals surface area contributed by atoms with Crippen LogP contribution >= 0.6 is 24.8 Å². The molecule has 1 aliphatic heterocycles. The van der Waals surface area contributed by atoms with Gasteiger partial charge in [-0.25, -0.2) is 0 Å². The molecule has 4 N–H and O–H groups in total. The first-order chi connectivity index (χ1) is 12.4. The number of carbonyl (C=O) groups is 2. The second-order valence-electron chi connectivity index (χ2n) is 7.09. The summed E-state index contributed by atoms with van der Waals surface area (Å²) in [5, 5.41) is 5.48. The van der Waals surface area contributed by atoms with E-state index in [0.717, 1.165) is 30.9 Å². The van der Waals surface area contributed by atoms with Crippen LogP contribution in [0.15, 0.2) is 24.3 Å². The Morgan fingerprint density at radius 3 is 2.64 bits per heavy atom. The Morgan fingerprint density at radius 2 is 2.00 bits per heavy atom. The fraction of sp³-hybridized carbons (Fsp3) is 0.579. The smallest absolute Gasteiger partial charge is 0.239 e. The molecule has 0 spiro atoms. The standard InChI is InChI=1S/C19H30N4O3.2ClH/c1-13(2)18(20)19(25)22-11-17(24)21-10-14-7-8-23(12-14)15-5-4-6-16(9-15)26-3;;/h4-6,9,13-14,18H,7-8,10-12,20H2,1-3H3,(H,21,24)(H,22,25);2*1H/t14?,18-;;/m0../s1. The molecule has 1 unspecified atom stereocenters. The molecule has 1 aromatic carbocycles. The van der Waals surface area contributed by atoms with Gasteiger partial charge in [0.15, 0.2) is 0 Å². The lowest BCUT2D eigenvalue weighted by atomic mass is 10.1. The highest BCUT2D eigenvalue weighted by Gasteiger charge is 2.23. The molecule has 9 heteroatoms. The predicted octanol–water partition coefficient (Wildman–Crippen LogP) is 1.58. The number of amides is 2. The molecule has 2 amide bonds. The minimum absolute atomic E-state index is 0. The fourth-order valence-corrected chi connectivity index (χ4v) is 2.95. The molecule has 28 heavy (non-hydrogen) atoms. The number of methoxy groups -OCH3 is 1. The Hall–Kier alpha value is -1.70. The molecule has 1 aliphatic rings. The van der Waals surface area contributed by atoms with E-state index in [1.165, 1.54) is 0 Å². The van der Waals surface area contributed by atoms with Gasteiger partial charge in [0.2, 0.25) is 11.8 Å². The van der Waals surface area contributed by atoms with Gasteiger partial charge in [0.05, 0.1) is 19.7 Å². The summed E-state index contributed by atoms with van der Waals surface area (Å²) in [6, 6.07) is 7.41. The van der Waals surface area contributed by atoms with E-state index in [9.17, 15) is 9.59 Å². The van der Waals surface area contributed by atoms with Crippen molar-refractivity contribution in [3.05, 3.63) is 24.3 Å². The molecule has 0 radical (unpaired) electrons. The molecule has 2 atom stereocenters. The number of nitrogens with two attached hydrogens (primary N) is 1. The first-order valence-electron chi connectivity index (χ1n) is 9.09. The molecular formula is C19H32Cl2N4O3. The average molecular weight is 435 g/mol. The van der Waals surface area contributed by atoms with Crippen LogP contribution in [0.1, 0.15) is 20.3 Å². The zero-order valence-electron chi connectivity index (χ0n) is 16.6. The number of carbonyl (C=O) groups excluding carboxylic acids is 2. The monoisotopic (exact) mass is 434 g/mol. The summed E-state index contributed by atoms with van der Waals surface area (Å²) < 4.78 is 5.27. The van der Waals surface area contributed by atoms with E-state index in [0.29, 0.717) is 12.5 Å². The van der Waals surface area contributed by atoms with E-state index >= 15 is 0 Å². The van der Waals surface area contributed by atoms with Crippen molar-refractivity contribution in [2.75, 3.05) is 38.2 Å². The third-order valence-electron chi connectivity index (χ3n) is 4.74. The number of hydrogen-bond acceptors (Lipinski definition) is 5. The van der Waals surface area contributed by atoms with Gasteiger partial charge < -0.3 is 26.0 Å². The molecule has 160 valence electrons. The number of hydrogen-bond donors (Lipinski definition) is 3. The Morgan fingerprint density at radius 1 is 1.29 bits per heavy atom. The molecule has 1 aromatic rings. The van der Waals surface area contributed by atoms with Crippen molar-refractivity contribution < 1.29 is 14.3 Å². The van der Waals surface area contributed by atoms with Crippen LogP contribution < -0.4 is 26.0 Å². The zero-order chi connectivity index (χ0) is 19.1. The summed E-state index contributed by atoms with van der Waals surface area (Å²) in [6.07, 6.45) is 1.02. The van der Waals surface area contributed by atoms with E-state index in [1.807, 2.05) is 32.0 Å². The minimum Gasteiger partial charge on any atom is -0.497 e. The highest BCUT2D eigenvalue weighted by atomic mass is 35.5. The summed E-state index contributed by atoms with van der Waals surface area (Å²) in [5.41, 5.74) is 6.89. The highest BCUT2D eigenvalue weighted by Crippen LogP contribution is 2.26. The quantitative estimate of drug-likeness (QED) is 0.576. The normalized spacial score (nSPS) is 16.6. The number of benzene rings is 1. The molecule has 0 bridgehead atoms. The van der Waals surface area contributed by atoms with Gasteiger partial charge >= 0.3 is 0 Å². The van der Waals surface area contributed by atoms with E-state index in [2.05, 4.69) is 21.6 Å². The van der Waals surface area contributed by atoms with Crippen molar-refractivity contribution >= 4 is 42.3 Å². The Kier molecular flexibility index (Phi) is 11.9. The Bertz CT molecular complexity index is 631. The maximum Gasteiger partial charge on any atom is 0.239 e. The molecule has 1 fully saturated rings. The van der Waals surface area contributed by atoms with Gasteiger partial charge in [-0.2, -0.15) is 0 Å². The van der Waals surface area contributed by atoms with Crippen molar-refractivity contribution in [3.8, 4) is 5.75 Å². The Labute approximate surface area is 179 Å². The summed E-state index contributed by atoms with van der Waals surface area (Å²) in [4.78, 5) is 26.0. The number of ether oxygens (including phenoxy) is 1. The lowest BCUT2D eigenvalue weighted by molar-refractivity contribution is -0.127. The van der Waals surface area contributed by atoms with Crippen LogP contribution in [0, 0.1) is 11.8 Å². The third kappa shape index (κ3) is 7.73. The van der Waals surface area contributed by atoms with E-state index < -0.39 is 6.04 Å².